The molecule has 6 heteroatoms. The van der Waals surface area contributed by atoms with E-state index in [9.17, 15) is 4.21 Å². The molecule has 0 saturated heterocycles. The Morgan fingerprint density at radius 3 is 2.48 bits per heavy atom. The predicted octanol–water partition coefficient (Wildman–Crippen LogP) is 3.69. The molecule has 1 atom stereocenters. The number of hydrogen-bond acceptors (Lipinski definition) is 2. The van der Waals surface area contributed by atoms with Crippen LogP contribution in [0.15, 0.2) is 35.3 Å². The third-order valence-corrected chi connectivity index (χ3v) is 6.10. The van der Waals surface area contributed by atoms with Crippen LogP contribution in [0.1, 0.15) is 44.6 Å². The largest absolute Gasteiger partial charge is 0.355 e. The van der Waals surface area contributed by atoms with Crippen molar-refractivity contribution in [3.63, 3.8) is 0 Å². The molecule has 25 heavy (non-hydrogen) atoms. The molecule has 0 radical (unpaired) electrons. The van der Waals surface area contributed by atoms with Crippen molar-refractivity contribution in [1.82, 2.24) is 10.6 Å². The highest BCUT2D eigenvalue weighted by Gasteiger charge is 2.20. The second-order valence-corrected chi connectivity index (χ2v) is 8.12. The molecule has 4 nitrogen and oxygen atoms in total. The molecule has 2 N–H and O–H groups in total. The van der Waals surface area contributed by atoms with Crippen molar-refractivity contribution < 1.29 is 4.21 Å². The van der Waals surface area contributed by atoms with E-state index in [4.69, 9.17) is 0 Å². The molecule has 2 rings (SSSR count). The molecule has 0 aromatic heterocycles. The molecule has 1 aromatic rings. The second kappa shape index (κ2) is 12.7. The lowest BCUT2D eigenvalue weighted by molar-refractivity contribution is 0.304. The van der Waals surface area contributed by atoms with Gasteiger partial charge in [0.15, 0.2) is 5.96 Å². The van der Waals surface area contributed by atoms with Crippen LogP contribution in [0.4, 0.5) is 0 Å². The van der Waals surface area contributed by atoms with Gasteiger partial charge in [-0.15, -0.1) is 24.0 Å². The summed E-state index contributed by atoms with van der Waals surface area (Å²) in [7, 11) is 0.952. The van der Waals surface area contributed by atoms with Gasteiger partial charge in [-0.2, -0.15) is 0 Å². The lowest BCUT2D eigenvalue weighted by atomic mass is 9.84. The first-order chi connectivity index (χ1) is 11.7. The molecule has 0 heterocycles. The number of guanidine groups is 1. The van der Waals surface area contributed by atoms with Crippen LogP contribution < -0.4 is 10.6 Å². The average Bonchev–Trinajstić information content (AvgIpc) is 2.62. The summed E-state index contributed by atoms with van der Waals surface area (Å²) in [6, 6.07) is 10.5. The Morgan fingerprint density at radius 1 is 1.20 bits per heavy atom. The van der Waals surface area contributed by atoms with Gasteiger partial charge in [0, 0.05) is 41.9 Å². The maximum absolute atomic E-state index is 12.2. The minimum absolute atomic E-state index is 0. The Kier molecular flexibility index (Phi) is 11.4. The first kappa shape index (κ1) is 22.4. The fourth-order valence-electron chi connectivity index (χ4n) is 3.22. The molecule has 1 aliphatic carbocycles. The first-order valence-electron chi connectivity index (χ1n) is 9.07. The minimum atomic E-state index is -0.847. The van der Waals surface area contributed by atoms with Crippen LogP contribution >= 0.6 is 24.0 Å². The molecule has 1 aromatic carbocycles. The number of aliphatic imine (C=N–C) groups is 1. The topological polar surface area (TPSA) is 53.5 Å². The highest BCUT2D eigenvalue weighted by Crippen LogP contribution is 2.26. The van der Waals surface area contributed by atoms with E-state index < -0.39 is 10.8 Å². The van der Waals surface area contributed by atoms with Crippen LogP contribution in [0, 0.1) is 5.92 Å². The summed E-state index contributed by atoms with van der Waals surface area (Å²) in [6.07, 6.45) is 6.36. The van der Waals surface area contributed by atoms with Crippen LogP contribution in [0.3, 0.4) is 0 Å². The van der Waals surface area contributed by atoms with Gasteiger partial charge in [-0.05, 0) is 37.2 Å². The maximum Gasteiger partial charge on any atom is 0.191 e. The highest BCUT2D eigenvalue weighted by molar-refractivity contribution is 14.0. The zero-order valence-electron chi connectivity index (χ0n) is 15.4. The summed E-state index contributed by atoms with van der Waals surface area (Å²) < 4.78 is 12.2. The monoisotopic (exact) mass is 477 g/mol. The number of halogens is 1. The van der Waals surface area contributed by atoms with Crippen LogP contribution in [0.2, 0.25) is 0 Å². The Hall–Kier alpha value is -0.630. The van der Waals surface area contributed by atoms with Crippen LogP contribution in [-0.4, -0.2) is 35.6 Å². The summed E-state index contributed by atoms with van der Waals surface area (Å²) in [4.78, 5) is 4.30. The van der Waals surface area contributed by atoms with Crippen LogP contribution in [0.25, 0.3) is 0 Å². The Balaban J connectivity index is 0.00000312. The molecule has 0 aliphatic heterocycles. The number of hydrogen-bond donors (Lipinski definition) is 2. The third kappa shape index (κ3) is 8.53. The first-order valence-corrected chi connectivity index (χ1v) is 10.6. The molecule has 0 spiro atoms. The van der Waals surface area contributed by atoms with Crippen molar-refractivity contribution in [3.8, 4) is 0 Å². The number of benzene rings is 1. The molecular formula is C19H32IN3OS. The Bertz CT molecular complexity index is 531. The van der Waals surface area contributed by atoms with Crippen molar-refractivity contribution in [2.75, 3.05) is 19.3 Å². The molecule has 0 amide bonds. The van der Waals surface area contributed by atoms with Crippen LogP contribution in [0.5, 0.6) is 0 Å². The van der Waals surface area contributed by atoms with E-state index in [2.05, 4.69) is 22.5 Å². The fraction of sp³-hybridized carbons (Fsp3) is 0.632. The van der Waals surface area contributed by atoms with Gasteiger partial charge < -0.3 is 10.6 Å². The van der Waals surface area contributed by atoms with Gasteiger partial charge in [0.1, 0.15) is 0 Å². The quantitative estimate of drug-likeness (QED) is 0.358. The second-order valence-electron chi connectivity index (χ2n) is 6.54. The molecule has 1 fully saturated rings. The summed E-state index contributed by atoms with van der Waals surface area (Å²) >= 11 is 0. The van der Waals surface area contributed by atoms with E-state index >= 15 is 0 Å². The van der Waals surface area contributed by atoms with Gasteiger partial charge in [0.25, 0.3) is 0 Å². The molecular weight excluding hydrogens is 445 g/mol. The number of nitrogens with one attached hydrogen (secondary N) is 2. The van der Waals surface area contributed by atoms with E-state index in [1.54, 1.807) is 7.05 Å². The standard InChI is InChI=1S/C19H31N3OS.HI/c1-3-16-9-11-18(12-10-16)22-19(20-2)21-13-14-24(23)15-17-7-5-4-6-8-17;/h4-8,16,18H,3,9-15H2,1-2H3,(H2,20,21,22);1H. The molecule has 1 aliphatic rings. The zero-order valence-corrected chi connectivity index (χ0v) is 18.5. The van der Waals surface area contributed by atoms with Gasteiger partial charge in [0.05, 0.1) is 0 Å². The predicted molar refractivity (Wildman–Crippen MR) is 119 cm³/mol. The van der Waals surface area contributed by atoms with E-state index in [1.807, 2.05) is 30.3 Å². The summed E-state index contributed by atoms with van der Waals surface area (Å²) in [5, 5.41) is 6.82. The molecule has 1 unspecified atom stereocenters. The van der Waals surface area contributed by atoms with Crippen molar-refractivity contribution >= 4 is 40.7 Å². The Labute approximate surface area is 172 Å². The summed E-state index contributed by atoms with van der Waals surface area (Å²) in [5.41, 5.74) is 1.13. The van der Waals surface area contributed by atoms with Gasteiger partial charge in [-0.1, -0.05) is 43.7 Å². The minimum Gasteiger partial charge on any atom is -0.355 e. The zero-order chi connectivity index (χ0) is 17.2. The van der Waals surface area contributed by atoms with Crippen LogP contribution in [-0.2, 0) is 16.6 Å². The summed E-state index contributed by atoms with van der Waals surface area (Å²) in [5.74, 6) is 3.00. The average molecular weight is 477 g/mol. The number of nitrogens with zero attached hydrogens (tertiary/aromatic N) is 1. The van der Waals surface area contributed by atoms with Crippen molar-refractivity contribution in [2.45, 2.75) is 50.8 Å². The fourth-order valence-corrected chi connectivity index (χ4v) is 4.26. The lowest BCUT2D eigenvalue weighted by Gasteiger charge is -2.29. The van der Waals surface area contributed by atoms with E-state index in [0.717, 1.165) is 17.4 Å². The van der Waals surface area contributed by atoms with Gasteiger partial charge in [-0.25, -0.2) is 0 Å². The third-order valence-electron chi connectivity index (χ3n) is 4.78. The Morgan fingerprint density at radius 2 is 1.88 bits per heavy atom. The molecule has 142 valence electrons. The van der Waals surface area contributed by atoms with Crippen molar-refractivity contribution in [3.05, 3.63) is 35.9 Å². The SMILES string of the molecule is CCC1CCC(NC(=NC)NCCS(=O)Cc2ccccc2)CC1.I. The van der Waals surface area contributed by atoms with Gasteiger partial charge >= 0.3 is 0 Å². The van der Waals surface area contributed by atoms with Crippen molar-refractivity contribution in [2.24, 2.45) is 10.9 Å². The van der Waals surface area contributed by atoms with Gasteiger partial charge in [0.2, 0.25) is 0 Å². The maximum atomic E-state index is 12.2. The molecule has 0 bridgehead atoms. The lowest BCUT2D eigenvalue weighted by Crippen LogP contribution is -2.45. The molecule has 1 saturated carbocycles. The van der Waals surface area contributed by atoms with E-state index in [0.29, 0.717) is 24.1 Å². The van der Waals surface area contributed by atoms with E-state index in [1.165, 1.54) is 32.1 Å². The van der Waals surface area contributed by atoms with E-state index in [-0.39, 0.29) is 24.0 Å². The smallest absolute Gasteiger partial charge is 0.191 e. The van der Waals surface area contributed by atoms with Gasteiger partial charge in [-0.3, -0.25) is 9.20 Å². The van der Waals surface area contributed by atoms with Crippen molar-refractivity contribution in [1.29, 1.82) is 0 Å². The normalized spacial score (nSPS) is 21.9. The summed E-state index contributed by atoms with van der Waals surface area (Å²) in [6.45, 7) is 2.97. The highest BCUT2D eigenvalue weighted by atomic mass is 127. The number of rotatable bonds is 7.